The van der Waals surface area contributed by atoms with Gasteiger partial charge in [-0.15, -0.1) is 0 Å². The lowest BCUT2D eigenvalue weighted by Crippen LogP contribution is -2.18. The van der Waals surface area contributed by atoms with Crippen molar-refractivity contribution in [3.63, 3.8) is 0 Å². The van der Waals surface area contributed by atoms with E-state index in [1.807, 2.05) is 36.4 Å². The van der Waals surface area contributed by atoms with Crippen molar-refractivity contribution < 1.29 is 14.2 Å². The van der Waals surface area contributed by atoms with Gasteiger partial charge in [-0.05, 0) is 35.4 Å². The molecule has 0 amide bonds. The highest BCUT2D eigenvalue weighted by molar-refractivity contribution is 9.10. The van der Waals surface area contributed by atoms with E-state index in [0.29, 0.717) is 29.7 Å². The average molecular weight is 415 g/mol. The molecule has 0 aromatic heterocycles. The van der Waals surface area contributed by atoms with Gasteiger partial charge in [0.05, 0.1) is 13.7 Å². The Balaban J connectivity index is 2.03. The Morgan fingerprint density at radius 3 is 2.50 bits per heavy atom. The van der Waals surface area contributed by atoms with E-state index in [1.54, 1.807) is 14.2 Å². The molecule has 6 heteroatoms. The van der Waals surface area contributed by atoms with Crippen molar-refractivity contribution in [1.82, 2.24) is 5.32 Å². The number of methoxy groups -OCH3 is 2. The fourth-order valence-electron chi connectivity index (χ4n) is 2.12. The molecule has 2 aromatic carbocycles. The fraction of sp³-hybridized carbons (Fsp3) is 0.333. The molecule has 0 aliphatic rings. The summed E-state index contributed by atoms with van der Waals surface area (Å²) in [7, 11) is 3.33. The lowest BCUT2D eigenvalue weighted by Gasteiger charge is -2.14. The van der Waals surface area contributed by atoms with E-state index in [2.05, 4.69) is 21.2 Å². The maximum atomic E-state index is 5.90. The second-order valence-corrected chi connectivity index (χ2v) is 6.47. The third-order valence-electron chi connectivity index (χ3n) is 3.44. The fourth-order valence-corrected chi connectivity index (χ4v) is 2.71. The van der Waals surface area contributed by atoms with Crippen LogP contribution in [0, 0.1) is 0 Å². The lowest BCUT2D eigenvalue weighted by atomic mass is 10.2. The van der Waals surface area contributed by atoms with Crippen LogP contribution in [0.1, 0.15) is 11.1 Å². The molecule has 0 radical (unpaired) electrons. The summed E-state index contributed by atoms with van der Waals surface area (Å²) in [5.41, 5.74) is 2.14. The van der Waals surface area contributed by atoms with Gasteiger partial charge in [0.25, 0.3) is 0 Å². The maximum absolute atomic E-state index is 5.90. The summed E-state index contributed by atoms with van der Waals surface area (Å²) in [6, 6.07) is 11.5. The summed E-state index contributed by atoms with van der Waals surface area (Å²) >= 11 is 9.49. The zero-order valence-electron chi connectivity index (χ0n) is 13.8. The summed E-state index contributed by atoms with van der Waals surface area (Å²) in [5.74, 6) is 1.40. The highest BCUT2D eigenvalue weighted by atomic mass is 79.9. The van der Waals surface area contributed by atoms with Crippen LogP contribution in [0.4, 0.5) is 0 Å². The van der Waals surface area contributed by atoms with E-state index in [9.17, 15) is 0 Å². The number of benzene rings is 2. The number of halogens is 2. The van der Waals surface area contributed by atoms with E-state index < -0.39 is 0 Å². The molecule has 0 saturated heterocycles. The Bertz CT molecular complexity index is 649. The van der Waals surface area contributed by atoms with E-state index in [4.69, 9.17) is 25.8 Å². The van der Waals surface area contributed by atoms with Gasteiger partial charge >= 0.3 is 0 Å². The van der Waals surface area contributed by atoms with Crippen LogP contribution in [0.2, 0.25) is 5.02 Å². The van der Waals surface area contributed by atoms with Crippen LogP contribution < -0.4 is 14.8 Å². The predicted octanol–water partition coefficient (Wildman–Crippen LogP) is 4.43. The molecule has 24 heavy (non-hydrogen) atoms. The first-order chi connectivity index (χ1) is 11.6. The van der Waals surface area contributed by atoms with Gasteiger partial charge in [-0.25, -0.2) is 0 Å². The molecule has 0 spiro atoms. The molecule has 0 fully saturated rings. The molecule has 0 saturated carbocycles. The first-order valence-corrected chi connectivity index (χ1v) is 8.74. The molecule has 1 N–H and O–H groups in total. The zero-order valence-corrected chi connectivity index (χ0v) is 16.1. The summed E-state index contributed by atoms with van der Waals surface area (Å²) < 4.78 is 17.4. The summed E-state index contributed by atoms with van der Waals surface area (Å²) in [6.07, 6.45) is 0. The predicted molar refractivity (Wildman–Crippen MR) is 100 cm³/mol. The summed E-state index contributed by atoms with van der Waals surface area (Å²) in [4.78, 5) is 0. The number of hydrogen-bond acceptors (Lipinski definition) is 4. The van der Waals surface area contributed by atoms with Crippen molar-refractivity contribution in [2.75, 3.05) is 27.4 Å². The second kappa shape index (κ2) is 9.89. The van der Waals surface area contributed by atoms with Crippen molar-refractivity contribution >= 4 is 27.5 Å². The minimum absolute atomic E-state index is 0.450. The van der Waals surface area contributed by atoms with E-state index >= 15 is 0 Å². The van der Waals surface area contributed by atoms with Gasteiger partial charge in [0, 0.05) is 29.7 Å². The molecular weight excluding hydrogens is 394 g/mol. The zero-order chi connectivity index (χ0) is 17.4. The minimum atomic E-state index is 0.450. The molecule has 0 aliphatic heterocycles. The average Bonchev–Trinajstić information content (AvgIpc) is 2.59. The molecule has 4 nitrogen and oxygen atoms in total. The highest BCUT2D eigenvalue weighted by Gasteiger charge is 2.10. The summed E-state index contributed by atoms with van der Waals surface area (Å²) in [5, 5.41) is 4.03. The number of ether oxygens (including phenoxy) is 3. The largest absolute Gasteiger partial charge is 0.493 e. The normalized spacial score (nSPS) is 10.7. The Morgan fingerprint density at radius 2 is 1.83 bits per heavy atom. The van der Waals surface area contributed by atoms with Gasteiger partial charge in [-0.3, -0.25) is 0 Å². The Hall–Kier alpha value is -1.27. The van der Waals surface area contributed by atoms with Gasteiger partial charge < -0.3 is 19.5 Å². The maximum Gasteiger partial charge on any atom is 0.162 e. The van der Waals surface area contributed by atoms with Gasteiger partial charge in [-0.1, -0.05) is 39.7 Å². The van der Waals surface area contributed by atoms with Crippen molar-refractivity contribution in [3.8, 4) is 11.5 Å². The minimum Gasteiger partial charge on any atom is -0.493 e. The van der Waals surface area contributed by atoms with Crippen LogP contribution >= 0.6 is 27.5 Å². The van der Waals surface area contributed by atoms with E-state index in [1.165, 1.54) is 0 Å². The van der Waals surface area contributed by atoms with Crippen LogP contribution in [0.25, 0.3) is 0 Å². The molecule has 130 valence electrons. The smallest absolute Gasteiger partial charge is 0.162 e. The third kappa shape index (κ3) is 5.67. The van der Waals surface area contributed by atoms with Crippen LogP contribution in [-0.2, 0) is 17.9 Å². The molecular formula is C18H21BrClNO3. The molecule has 0 atom stereocenters. The van der Waals surface area contributed by atoms with Gasteiger partial charge in [0.15, 0.2) is 11.5 Å². The van der Waals surface area contributed by atoms with Crippen LogP contribution in [-0.4, -0.2) is 27.4 Å². The number of hydrogen-bond donors (Lipinski definition) is 1. The van der Waals surface area contributed by atoms with E-state index in [-0.39, 0.29) is 0 Å². The van der Waals surface area contributed by atoms with Crippen molar-refractivity contribution in [3.05, 3.63) is 57.0 Å². The van der Waals surface area contributed by atoms with Crippen molar-refractivity contribution in [1.29, 1.82) is 0 Å². The first-order valence-electron chi connectivity index (χ1n) is 7.57. The van der Waals surface area contributed by atoms with Gasteiger partial charge in [-0.2, -0.15) is 0 Å². The lowest BCUT2D eigenvalue weighted by molar-refractivity contribution is 0.199. The quantitative estimate of drug-likeness (QED) is 0.616. The Kier molecular flexibility index (Phi) is 7.85. The Morgan fingerprint density at radius 1 is 1.08 bits per heavy atom. The number of rotatable bonds is 9. The second-order valence-electron chi connectivity index (χ2n) is 5.18. The van der Waals surface area contributed by atoms with Crippen molar-refractivity contribution in [2.24, 2.45) is 0 Å². The Labute approximate surface area is 156 Å². The van der Waals surface area contributed by atoms with Crippen LogP contribution in [0.15, 0.2) is 40.9 Å². The molecule has 0 heterocycles. The molecule has 2 rings (SSSR count). The highest BCUT2D eigenvalue weighted by Crippen LogP contribution is 2.34. The standard InChI is InChI=1S/C18H21BrClNO3/c1-22-8-7-21-11-14-9-17(23-2)18(10-16(14)19)24-12-13-3-5-15(20)6-4-13/h3-6,9-10,21H,7-8,11-12H2,1-2H3. The van der Waals surface area contributed by atoms with Gasteiger partial charge in [0.2, 0.25) is 0 Å². The summed E-state index contributed by atoms with van der Waals surface area (Å²) in [6.45, 7) is 2.64. The molecule has 0 aliphatic carbocycles. The molecule has 0 bridgehead atoms. The SMILES string of the molecule is COCCNCc1cc(OC)c(OCc2ccc(Cl)cc2)cc1Br. The first kappa shape index (κ1) is 19.1. The topological polar surface area (TPSA) is 39.7 Å². The van der Waals surface area contributed by atoms with Crippen molar-refractivity contribution in [2.45, 2.75) is 13.2 Å². The van der Waals surface area contributed by atoms with Gasteiger partial charge in [0.1, 0.15) is 6.61 Å². The van der Waals surface area contributed by atoms with Crippen LogP contribution in [0.3, 0.4) is 0 Å². The molecule has 2 aromatic rings. The van der Waals surface area contributed by atoms with Crippen LogP contribution in [0.5, 0.6) is 11.5 Å². The van der Waals surface area contributed by atoms with E-state index in [0.717, 1.165) is 28.7 Å². The monoisotopic (exact) mass is 413 g/mol. The number of nitrogens with one attached hydrogen (secondary N) is 1. The third-order valence-corrected chi connectivity index (χ3v) is 4.43. The molecule has 0 unspecified atom stereocenters.